The number of nitrogens with zero attached hydrogens (tertiary/aromatic N) is 3. The van der Waals surface area contributed by atoms with Gasteiger partial charge in [0.15, 0.2) is 0 Å². The van der Waals surface area contributed by atoms with E-state index in [1.807, 2.05) is 36.7 Å². The molecule has 3 rings (SSSR count). The Morgan fingerprint density at radius 1 is 1.31 bits per heavy atom. The van der Waals surface area contributed by atoms with Crippen LogP contribution >= 0.6 is 15.9 Å². The van der Waals surface area contributed by atoms with E-state index in [4.69, 9.17) is 4.74 Å². The van der Waals surface area contributed by atoms with Crippen LogP contribution in [0.5, 0.6) is 5.75 Å². The van der Waals surface area contributed by atoms with Gasteiger partial charge in [-0.3, -0.25) is 10.1 Å². The smallest absolute Gasteiger partial charge is 0.337 e. The Hall–Kier alpha value is -3.13. The van der Waals surface area contributed by atoms with Gasteiger partial charge in [-0.25, -0.2) is 4.79 Å². The number of hydrogen-bond acceptors (Lipinski definition) is 5. The SMILES string of the molecule is COc1ccc(C=NNc2ccccc2C(=O)O)cc1Cn1nc(C)c(Br)c1C. The normalized spacial score (nSPS) is 11.0. The van der Waals surface area contributed by atoms with Crippen molar-refractivity contribution in [1.29, 1.82) is 0 Å². The number of aryl methyl sites for hydroxylation is 1. The molecule has 8 heteroatoms. The Labute approximate surface area is 177 Å². The molecule has 29 heavy (non-hydrogen) atoms. The monoisotopic (exact) mass is 456 g/mol. The van der Waals surface area contributed by atoms with Crippen LogP contribution in [0.15, 0.2) is 52.0 Å². The Balaban J connectivity index is 1.82. The highest BCUT2D eigenvalue weighted by Gasteiger charge is 2.12. The average molecular weight is 457 g/mol. The van der Waals surface area contributed by atoms with E-state index in [9.17, 15) is 9.90 Å². The summed E-state index contributed by atoms with van der Waals surface area (Å²) in [7, 11) is 1.63. The first-order valence-corrected chi connectivity index (χ1v) is 9.67. The van der Waals surface area contributed by atoms with Gasteiger partial charge in [0.25, 0.3) is 0 Å². The number of aromatic carboxylic acids is 1. The summed E-state index contributed by atoms with van der Waals surface area (Å²) in [5.41, 5.74) is 7.16. The van der Waals surface area contributed by atoms with Crippen LogP contribution in [0.4, 0.5) is 5.69 Å². The van der Waals surface area contributed by atoms with Crippen molar-refractivity contribution in [2.45, 2.75) is 20.4 Å². The third kappa shape index (κ3) is 4.65. The number of para-hydroxylation sites is 1. The standard InChI is InChI=1S/C21H21BrN4O3/c1-13-20(22)14(2)26(25-13)12-16-10-15(8-9-19(16)29-3)11-23-24-18-7-5-4-6-17(18)21(27)28/h4-11,24H,12H2,1-3H3,(H,27,28). The number of aromatic nitrogens is 2. The largest absolute Gasteiger partial charge is 0.496 e. The number of hydrazone groups is 1. The predicted octanol–water partition coefficient (Wildman–Crippen LogP) is 4.46. The molecule has 0 saturated heterocycles. The van der Waals surface area contributed by atoms with Crippen LogP contribution in [-0.2, 0) is 6.54 Å². The van der Waals surface area contributed by atoms with Crippen molar-refractivity contribution >= 4 is 33.8 Å². The van der Waals surface area contributed by atoms with Crippen molar-refractivity contribution < 1.29 is 14.6 Å². The molecular weight excluding hydrogens is 436 g/mol. The Bertz CT molecular complexity index is 1080. The zero-order valence-electron chi connectivity index (χ0n) is 16.3. The number of carboxylic acids is 1. The predicted molar refractivity (Wildman–Crippen MR) is 116 cm³/mol. The number of methoxy groups -OCH3 is 1. The number of carbonyl (C=O) groups is 1. The number of anilines is 1. The molecule has 0 saturated carbocycles. The van der Waals surface area contributed by atoms with Crippen molar-refractivity contribution in [2.24, 2.45) is 5.10 Å². The highest BCUT2D eigenvalue weighted by Crippen LogP contribution is 2.24. The van der Waals surface area contributed by atoms with Gasteiger partial charge in [-0.15, -0.1) is 0 Å². The van der Waals surface area contributed by atoms with E-state index in [2.05, 4.69) is 31.6 Å². The highest BCUT2D eigenvalue weighted by atomic mass is 79.9. The summed E-state index contributed by atoms with van der Waals surface area (Å²) in [5.74, 6) is -0.249. The highest BCUT2D eigenvalue weighted by molar-refractivity contribution is 9.10. The van der Waals surface area contributed by atoms with E-state index in [-0.39, 0.29) is 5.56 Å². The fourth-order valence-corrected chi connectivity index (χ4v) is 3.22. The van der Waals surface area contributed by atoms with Crippen LogP contribution in [0.2, 0.25) is 0 Å². The lowest BCUT2D eigenvalue weighted by Gasteiger charge is -2.11. The molecule has 0 aliphatic heterocycles. The van der Waals surface area contributed by atoms with E-state index in [0.717, 1.165) is 32.7 Å². The minimum Gasteiger partial charge on any atom is -0.496 e. The van der Waals surface area contributed by atoms with Crippen molar-refractivity contribution in [3.8, 4) is 5.75 Å². The third-order valence-electron chi connectivity index (χ3n) is 4.47. The number of benzene rings is 2. The summed E-state index contributed by atoms with van der Waals surface area (Å²) in [4.78, 5) is 11.3. The number of rotatable bonds is 7. The van der Waals surface area contributed by atoms with Crippen LogP contribution in [0.1, 0.15) is 32.9 Å². The maximum atomic E-state index is 11.3. The minimum atomic E-state index is -1.01. The fourth-order valence-electron chi connectivity index (χ4n) is 2.94. The number of nitrogens with one attached hydrogen (secondary N) is 1. The topological polar surface area (TPSA) is 88.7 Å². The molecule has 0 radical (unpaired) electrons. The second kappa shape index (κ2) is 8.91. The summed E-state index contributed by atoms with van der Waals surface area (Å²) >= 11 is 3.55. The Morgan fingerprint density at radius 3 is 2.72 bits per heavy atom. The van der Waals surface area contributed by atoms with Gasteiger partial charge in [0.05, 0.1) is 47.0 Å². The van der Waals surface area contributed by atoms with Gasteiger partial charge >= 0.3 is 5.97 Å². The van der Waals surface area contributed by atoms with E-state index in [0.29, 0.717) is 12.2 Å². The summed E-state index contributed by atoms with van der Waals surface area (Å²) in [6.45, 7) is 4.51. The number of ether oxygens (including phenoxy) is 1. The van der Waals surface area contributed by atoms with Crippen LogP contribution in [0.25, 0.3) is 0 Å². The molecule has 0 fully saturated rings. The summed E-state index contributed by atoms with van der Waals surface area (Å²) in [5, 5.41) is 18.0. The lowest BCUT2D eigenvalue weighted by molar-refractivity contribution is 0.0698. The molecule has 0 amide bonds. The molecule has 2 aromatic carbocycles. The van der Waals surface area contributed by atoms with E-state index in [1.54, 1.807) is 31.5 Å². The summed E-state index contributed by atoms with van der Waals surface area (Å²) < 4.78 is 8.40. The van der Waals surface area contributed by atoms with Crippen molar-refractivity contribution in [3.63, 3.8) is 0 Å². The third-order valence-corrected chi connectivity index (χ3v) is 5.62. The molecule has 0 bridgehead atoms. The second-order valence-corrected chi connectivity index (χ2v) is 7.23. The maximum absolute atomic E-state index is 11.3. The second-order valence-electron chi connectivity index (χ2n) is 6.43. The van der Waals surface area contributed by atoms with E-state index >= 15 is 0 Å². The molecule has 0 spiro atoms. The lowest BCUT2D eigenvalue weighted by atomic mass is 10.1. The summed E-state index contributed by atoms with van der Waals surface area (Å²) in [6, 6.07) is 12.3. The molecule has 0 aliphatic rings. The zero-order valence-corrected chi connectivity index (χ0v) is 17.9. The van der Waals surface area contributed by atoms with Crippen LogP contribution in [0.3, 0.4) is 0 Å². The van der Waals surface area contributed by atoms with Crippen LogP contribution < -0.4 is 10.2 Å². The minimum absolute atomic E-state index is 0.162. The van der Waals surface area contributed by atoms with Gasteiger partial charge in [0.2, 0.25) is 0 Å². The van der Waals surface area contributed by atoms with Gasteiger partial charge in [0, 0.05) is 5.56 Å². The first kappa shape index (κ1) is 20.6. The molecule has 0 atom stereocenters. The maximum Gasteiger partial charge on any atom is 0.337 e. The van der Waals surface area contributed by atoms with Crippen molar-refractivity contribution in [3.05, 3.63) is 75.0 Å². The first-order chi connectivity index (χ1) is 13.9. The molecule has 2 N–H and O–H groups in total. The lowest BCUT2D eigenvalue weighted by Crippen LogP contribution is -2.06. The van der Waals surface area contributed by atoms with Crippen LogP contribution in [-0.4, -0.2) is 34.2 Å². The van der Waals surface area contributed by atoms with E-state index < -0.39 is 5.97 Å². The zero-order chi connectivity index (χ0) is 21.0. The Morgan fingerprint density at radius 2 is 2.07 bits per heavy atom. The van der Waals surface area contributed by atoms with Crippen LogP contribution in [0, 0.1) is 13.8 Å². The molecule has 0 aliphatic carbocycles. The fraction of sp³-hybridized carbons (Fsp3) is 0.190. The molecule has 0 unspecified atom stereocenters. The quantitative estimate of drug-likeness (QED) is 0.404. The average Bonchev–Trinajstić information content (AvgIpc) is 2.95. The molecule has 1 aromatic heterocycles. The molecule has 1 heterocycles. The van der Waals surface area contributed by atoms with Gasteiger partial charge in [-0.05, 0) is 65.7 Å². The van der Waals surface area contributed by atoms with E-state index in [1.165, 1.54) is 6.07 Å². The van der Waals surface area contributed by atoms with Gasteiger partial charge in [-0.1, -0.05) is 12.1 Å². The van der Waals surface area contributed by atoms with Gasteiger partial charge in [0.1, 0.15) is 5.75 Å². The number of halogens is 1. The molecule has 150 valence electrons. The van der Waals surface area contributed by atoms with Gasteiger partial charge in [-0.2, -0.15) is 10.2 Å². The molecule has 7 nitrogen and oxygen atoms in total. The molecule has 3 aromatic rings. The summed E-state index contributed by atoms with van der Waals surface area (Å²) in [6.07, 6.45) is 1.64. The van der Waals surface area contributed by atoms with Gasteiger partial charge < -0.3 is 9.84 Å². The van der Waals surface area contributed by atoms with Crippen molar-refractivity contribution in [1.82, 2.24) is 9.78 Å². The van der Waals surface area contributed by atoms with Crippen molar-refractivity contribution in [2.75, 3.05) is 12.5 Å². The first-order valence-electron chi connectivity index (χ1n) is 8.88. The Kier molecular flexibility index (Phi) is 6.33. The number of hydrogen-bond donors (Lipinski definition) is 2. The molecular formula is C21H21BrN4O3. The number of carboxylic acid groups (broad SMARTS) is 1.